The molecule has 1 aromatic carbocycles. The molecule has 3 aliphatic heterocycles. The van der Waals surface area contributed by atoms with Crippen LogP contribution < -0.4 is 20.7 Å². The van der Waals surface area contributed by atoms with Crippen LogP contribution in [0.15, 0.2) is 24.3 Å². The topological polar surface area (TPSA) is 109 Å². The Labute approximate surface area is 206 Å². The molecule has 3 heterocycles. The van der Waals surface area contributed by atoms with Gasteiger partial charge in [-0.1, -0.05) is 32.0 Å². The van der Waals surface area contributed by atoms with Gasteiger partial charge in [0, 0.05) is 18.4 Å². The van der Waals surface area contributed by atoms with Gasteiger partial charge in [-0.3, -0.25) is 14.4 Å². The molecule has 2 fully saturated rings. The lowest BCUT2D eigenvalue weighted by Gasteiger charge is -2.35. The Kier molecular flexibility index (Phi) is 8.10. The fourth-order valence-corrected chi connectivity index (χ4v) is 5.02. The standard InChI is InChI=1S/C24H34N4O5.ClH/c1-14(25-4)21(29)27-17-10-12-33-19-13-24(2,3)20(28(19)23(17)31)22(30)26-16-9-11-32-18-8-6-5-7-15(16)18;/h5-8,14,16-17,19-20,25H,9-13H2,1-4H3,(H,26,30)(H,27,29);1H/t14?,16?,17-,19-,20+;/m0./s1. The predicted molar refractivity (Wildman–Crippen MR) is 129 cm³/mol. The van der Waals surface area contributed by atoms with Crippen molar-refractivity contribution >= 4 is 30.1 Å². The number of ether oxygens (including phenoxy) is 2. The zero-order chi connectivity index (χ0) is 23.8. The Morgan fingerprint density at radius 2 is 1.82 bits per heavy atom. The number of para-hydroxylation sites is 1. The summed E-state index contributed by atoms with van der Waals surface area (Å²) in [6, 6.07) is 5.63. The van der Waals surface area contributed by atoms with Crippen molar-refractivity contribution in [3.8, 4) is 5.75 Å². The van der Waals surface area contributed by atoms with E-state index in [9.17, 15) is 14.4 Å². The molecule has 0 spiro atoms. The van der Waals surface area contributed by atoms with Crippen LogP contribution in [-0.4, -0.2) is 67.2 Å². The second-order valence-electron chi connectivity index (χ2n) is 9.76. The second-order valence-corrected chi connectivity index (χ2v) is 9.76. The fourth-order valence-electron chi connectivity index (χ4n) is 5.02. The predicted octanol–water partition coefficient (Wildman–Crippen LogP) is 1.51. The monoisotopic (exact) mass is 494 g/mol. The molecule has 3 aliphatic rings. The minimum absolute atomic E-state index is 0. The lowest BCUT2D eigenvalue weighted by Crippen LogP contribution is -2.58. The van der Waals surface area contributed by atoms with E-state index in [1.807, 2.05) is 38.1 Å². The minimum Gasteiger partial charge on any atom is -0.493 e. The molecule has 2 unspecified atom stereocenters. The zero-order valence-corrected chi connectivity index (χ0v) is 20.9. The van der Waals surface area contributed by atoms with Gasteiger partial charge < -0.3 is 30.3 Å². The molecule has 3 N–H and O–H groups in total. The molecule has 5 atom stereocenters. The molecule has 0 saturated carbocycles. The number of likely N-dealkylation sites (N-methyl/N-ethyl adjacent to an activating group) is 1. The molecule has 1 aromatic rings. The first kappa shape index (κ1) is 26.2. The highest BCUT2D eigenvalue weighted by molar-refractivity contribution is 5.94. The van der Waals surface area contributed by atoms with E-state index in [-0.39, 0.29) is 36.2 Å². The van der Waals surface area contributed by atoms with Crippen LogP contribution in [0.4, 0.5) is 0 Å². The van der Waals surface area contributed by atoms with Crippen LogP contribution in [0.5, 0.6) is 5.75 Å². The average molecular weight is 495 g/mol. The first-order valence-electron chi connectivity index (χ1n) is 11.7. The number of nitrogens with zero attached hydrogens (tertiary/aromatic N) is 1. The highest BCUT2D eigenvalue weighted by Gasteiger charge is 2.55. The van der Waals surface area contributed by atoms with Crippen LogP contribution in [-0.2, 0) is 19.1 Å². The minimum atomic E-state index is -0.730. The molecule has 9 nitrogen and oxygen atoms in total. The summed E-state index contributed by atoms with van der Waals surface area (Å²) in [5, 5.41) is 8.88. The number of rotatable bonds is 5. The van der Waals surface area contributed by atoms with Gasteiger partial charge in [-0.15, -0.1) is 12.4 Å². The highest BCUT2D eigenvalue weighted by atomic mass is 35.5. The van der Waals surface area contributed by atoms with Gasteiger partial charge in [-0.05, 0) is 31.9 Å². The normalized spacial score (nSPS) is 28.4. The summed E-state index contributed by atoms with van der Waals surface area (Å²) < 4.78 is 11.7. The van der Waals surface area contributed by atoms with Crippen molar-refractivity contribution in [3.05, 3.63) is 29.8 Å². The maximum atomic E-state index is 13.6. The Hall–Kier alpha value is -2.36. The van der Waals surface area contributed by atoms with E-state index in [1.165, 1.54) is 0 Å². The third kappa shape index (κ3) is 5.01. The fraction of sp³-hybridized carbons (Fsp3) is 0.625. The number of fused-ring (bicyclic) bond motifs is 2. The average Bonchev–Trinajstić information content (AvgIpc) is 2.99. The summed E-state index contributed by atoms with van der Waals surface area (Å²) in [7, 11) is 1.69. The van der Waals surface area contributed by atoms with Crippen molar-refractivity contribution < 1.29 is 23.9 Å². The van der Waals surface area contributed by atoms with Crippen LogP contribution in [0, 0.1) is 5.41 Å². The van der Waals surface area contributed by atoms with Crippen molar-refractivity contribution in [2.24, 2.45) is 5.41 Å². The molecule has 188 valence electrons. The molecule has 0 bridgehead atoms. The number of hydrogen-bond donors (Lipinski definition) is 3. The Bertz CT molecular complexity index is 926. The summed E-state index contributed by atoms with van der Waals surface area (Å²) in [6.45, 7) is 6.55. The number of hydrogen-bond acceptors (Lipinski definition) is 6. The maximum Gasteiger partial charge on any atom is 0.247 e. The van der Waals surface area contributed by atoms with E-state index >= 15 is 0 Å². The van der Waals surface area contributed by atoms with Crippen molar-refractivity contribution in [2.45, 2.75) is 70.4 Å². The molecule has 2 saturated heterocycles. The molecule has 34 heavy (non-hydrogen) atoms. The van der Waals surface area contributed by atoms with Crippen molar-refractivity contribution in [2.75, 3.05) is 20.3 Å². The van der Waals surface area contributed by atoms with E-state index in [0.29, 0.717) is 32.5 Å². The van der Waals surface area contributed by atoms with Gasteiger partial charge >= 0.3 is 0 Å². The summed E-state index contributed by atoms with van der Waals surface area (Å²) in [5.74, 6) is 0.0322. The van der Waals surface area contributed by atoms with Crippen LogP contribution in [0.2, 0.25) is 0 Å². The number of nitrogens with one attached hydrogen (secondary N) is 3. The second kappa shape index (κ2) is 10.5. The van der Waals surface area contributed by atoms with E-state index < -0.39 is 29.8 Å². The summed E-state index contributed by atoms with van der Waals surface area (Å²) >= 11 is 0. The van der Waals surface area contributed by atoms with Crippen LogP contribution >= 0.6 is 12.4 Å². The Morgan fingerprint density at radius 1 is 1.12 bits per heavy atom. The quantitative estimate of drug-likeness (QED) is 0.572. The summed E-state index contributed by atoms with van der Waals surface area (Å²) in [5.41, 5.74) is 0.452. The van der Waals surface area contributed by atoms with Crippen LogP contribution in [0.3, 0.4) is 0 Å². The first-order chi connectivity index (χ1) is 15.7. The molecule has 4 rings (SSSR count). The number of carbonyl (C=O) groups excluding carboxylic acids is 3. The third-order valence-corrected chi connectivity index (χ3v) is 6.96. The van der Waals surface area contributed by atoms with Gasteiger partial charge in [0.15, 0.2) is 0 Å². The van der Waals surface area contributed by atoms with Crippen molar-refractivity contribution in [1.29, 1.82) is 0 Å². The molecule has 3 amide bonds. The zero-order valence-electron chi connectivity index (χ0n) is 20.1. The van der Waals surface area contributed by atoms with E-state index in [1.54, 1.807) is 18.9 Å². The van der Waals surface area contributed by atoms with Crippen molar-refractivity contribution in [3.63, 3.8) is 0 Å². The Morgan fingerprint density at radius 3 is 2.56 bits per heavy atom. The summed E-state index contributed by atoms with van der Waals surface area (Å²) in [6.07, 6.45) is 1.09. The number of halogens is 1. The van der Waals surface area contributed by atoms with Gasteiger partial charge in [-0.25, -0.2) is 0 Å². The number of carbonyl (C=O) groups is 3. The number of amides is 3. The van der Waals surface area contributed by atoms with Gasteiger partial charge in [0.2, 0.25) is 17.7 Å². The number of benzene rings is 1. The van der Waals surface area contributed by atoms with Gasteiger partial charge in [0.25, 0.3) is 0 Å². The molecule has 0 radical (unpaired) electrons. The Balaban J connectivity index is 0.00000324. The smallest absolute Gasteiger partial charge is 0.247 e. The van der Waals surface area contributed by atoms with E-state index in [2.05, 4.69) is 16.0 Å². The summed E-state index contributed by atoms with van der Waals surface area (Å²) in [4.78, 5) is 41.2. The lowest BCUT2D eigenvalue weighted by atomic mass is 9.83. The molecular formula is C24H35ClN4O5. The lowest BCUT2D eigenvalue weighted by molar-refractivity contribution is -0.150. The highest BCUT2D eigenvalue weighted by Crippen LogP contribution is 2.43. The molecule has 0 aromatic heterocycles. The maximum absolute atomic E-state index is 13.6. The molecule has 0 aliphatic carbocycles. The van der Waals surface area contributed by atoms with Gasteiger partial charge in [0.05, 0.1) is 25.3 Å². The van der Waals surface area contributed by atoms with Gasteiger partial charge in [-0.2, -0.15) is 0 Å². The van der Waals surface area contributed by atoms with Crippen LogP contribution in [0.25, 0.3) is 0 Å². The van der Waals surface area contributed by atoms with Crippen molar-refractivity contribution in [1.82, 2.24) is 20.9 Å². The van der Waals surface area contributed by atoms with Crippen LogP contribution in [0.1, 0.15) is 51.6 Å². The third-order valence-electron chi connectivity index (χ3n) is 6.96. The first-order valence-corrected chi connectivity index (χ1v) is 11.7. The van der Waals surface area contributed by atoms with E-state index in [0.717, 1.165) is 11.3 Å². The largest absolute Gasteiger partial charge is 0.493 e. The SMILES string of the molecule is CNC(C)C(=O)N[C@H]1CCO[C@H]2CC(C)(C)[C@@H](C(=O)NC3CCOc4ccccc43)N2C1=O.Cl. The molecular weight excluding hydrogens is 460 g/mol. The molecule has 10 heteroatoms. The van der Waals surface area contributed by atoms with E-state index in [4.69, 9.17) is 9.47 Å². The van der Waals surface area contributed by atoms with Gasteiger partial charge in [0.1, 0.15) is 24.1 Å².